The molecule has 3 aromatic rings. The Labute approximate surface area is 144 Å². The van der Waals surface area contributed by atoms with Crippen LogP contribution >= 0.6 is 0 Å². The summed E-state index contributed by atoms with van der Waals surface area (Å²) < 4.78 is 18.7. The number of halogens is 1. The third kappa shape index (κ3) is 3.52. The molecule has 5 nitrogen and oxygen atoms in total. The minimum atomic E-state index is -0.358. The van der Waals surface area contributed by atoms with Crippen LogP contribution in [0.3, 0.4) is 0 Å². The van der Waals surface area contributed by atoms with Crippen molar-refractivity contribution in [1.29, 1.82) is 0 Å². The monoisotopic (exact) mass is 339 g/mol. The normalized spacial score (nSPS) is 10.5. The summed E-state index contributed by atoms with van der Waals surface area (Å²) in [4.78, 5) is 12.6. The van der Waals surface area contributed by atoms with E-state index >= 15 is 0 Å². The molecule has 0 unspecified atom stereocenters. The van der Waals surface area contributed by atoms with E-state index in [9.17, 15) is 9.18 Å². The molecule has 0 bridgehead atoms. The second-order valence-electron chi connectivity index (χ2n) is 5.48. The van der Waals surface area contributed by atoms with Crippen molar-refractivity contribution in [2.45, 2.75) is 13.3 Å². The van der Waals surface area contributed by atoms with E-state index in [0.29, 0.717) is 34.7 Å². The number of rotatable bonds is 5. The van der Waals surface area contributed by atoms with E-state index in [1.807, 2.05) is 6.92 Å². The molecule has 0 radical (unpaired) electrons. The number of H-pyrrole nitrogens is 1. The largest absolute Gasteiger partial charge is 0.497 e. The molecular weight excluding hydrogens is 321 g/mol. The molecule has 0 atom stereocenters. The number of hydrogen-bond donors (Lipinski definition) is 2. The molecule has 2 aromatic carbocycles. The molecule has 2 N–H and O–H groups in total. The standard InChI is InChI=1S/C19H18FN3O2/c1-3-16-18(17(23-22-16)12-6-4-8-14(20)10-12)21-19(24)13-7-5-9-15(11-13)25-2/h4-11H,3H2,1-2H3,(H,21,24)(H,22,23). The smallest absolute Gasteiger partial charge is 0.255 e. The molecule has 128 valence electrons. The fourth-order valence-corrected chi connectivity index (χ4v) is 2.56. The van der Waals surface area contributed by atoms with Crippen LogP contribution in [-0.4, -0.2) is 23.2 Å². The van der Waals surface area contributed by atoms with Gasteiger partial charge in [0, 0.05) is 11.1 Å². The maximum absolute atomic E-state index is 13.5. The van der Waals surface area contributed by atoms with E-state index in [1.54, 1.807) is 43.5 Å². The van der Waals surface area contributed by atoms with Crippen LogP contribution in [0.2, 0.25) is 0 Å². The van der Waals surface area contributed by atoms with E-state index in [1.165, 1.54) is 12.1 Å². The maximum atomic E-state index is 13.5. The van der Waals surface area contributed by atoms with Gasteiger partial charge in [-0.1, -0.05) is 25.1 Å². The van der Waals surface area contributed by atoms with Crippen LogP contribution in [0.1, 0.15) is 23.0 Å². The Morgan fingerprint density at radius 2 is 2.04 bits per heavy atom. The molecule has 0 aliphatic rings. The highest BCUT2D eigenvalue weighted by molar-refractivity contribution is 6.06. The molecule has 0 spiro atoms. The first kappa shape index (κ1) is 16.7. The van der Waals surface area contributed by atoms with Gasteiger partial charge >= 0.3 is 0 Å². The number of benzene rings is 2. The van der Waals surface area contributed by atoms with E-state index < -0.39 is 0 Å². The first-order chi connectivity index (χ1) is 12.1. The summed E-state index contributed by atoms with van der Waals surface area (Å²) in [6.07, 6.45) is 0.649. The summed E-state index contributed by atoms with van der Waals surface area (Å²) >= 11 is 0. The zero-order valence-corrected chi connectivity index (χ0v) is 14.0. The van der Waals surface area contributed by atoms with Gasteiger partial charge < -0.3 is 10.1 Å². The Balaban J connectivity index is 1.96. The van der Waals surface area contributed by atoms with Gasteiger partial charge in [-0.2, -0.15) is 5.10 Å². The molecule has 0 saturated heterocycles. The Hall–Kier alpha value is -3.15. The average molecular weight is 339 g/mol. The zero-order chi connectivity index (χ0) is 17.8. The summed E-state index contributed by atoms with van der Waals surface area (Å²) in [6, 6.07) is 13.0. The summed E-state index contributed by atoms with van der Waals surface area (Å²) in [5, 5.41) is 10.0. The van der Waals surface area contributed by atoms with Crippen molar-refractivity contribution in [3.63, 3.8) is 0 Å². The summed E-state index contributed by atoms with van der Waals surface area (Å²) in [5.41, 5.74) is 2.90. The predicted octanol–water partition coefficient (Wildman–Crippen LogP) is 4.04. The summed E-state index contributed by atoms with van der Waals surface area (Å²) in [7, 11) is 1.55. The van der Waals surface area contributed by atoms with Crippen molar-refractivity contribution in [1.82, 2.24) is 10.2 Å². The lowest BCUT2D eigenvalue weighted by atomic mass is 10.1. The Morgan fingerprint density at radius 1 is 1.24 bits per heavy atom. The summed E-state index contributed by atoms with van der Waals surface area (Å²) in [6.45, 7) is 1.95. The number of carbonyl (C=O) groups excluding carboxylic acids is 1. The van der Waals surface area contributed by atoms with Crippen LogP contribution in [0.15, 0.2) is 48.5 Å². The van der Waals surface area contributed by atoms with Crippen molar-refractivity contribution in [3.8, 4) is 17.0 Å². The van der Waals surface area contributed by atoms with E-state index in [4.69, 9.17) is 4.74 Å². The predicted molar refractivity (Wildman–Crippen MR) is 94.3 cm³/mol. The van der Waals surface area contributed by atoms with Gasteiger partial charge in [0.05, 0.1) is 18.5 Å². The van der Waals surface area contributed by atoms with Crippen LogP contribution in [0.4, 0.5) is 10.1 Å². The lowest BCUT2D eigenvalue weighted by Crippen LogP contribution is -2.13. The number of ether oxygens (including phenoxy) is 1. The fraction of sp³-hybridized carbons (Fsp3) is 0.158. The lowest BCUT2D eigenvalue weighted by Gasteiger charge is -2.09. The second kappa shape index (κ2) is 7.17. The van der Waals surface area contributed by atoms with Gasteiger partial charge in [0.1, 0.15) is 17.3 Å². The van der Waals surface area contributed by atoms with Crippen molar-refractivity contribution in [2.24, 2.45) is 0 Å². The number of methoxy groups -OCH3 is 1. The SMILES string of the molecule is CCc1[nH]nc(-c2cccc(F)c2)c1NC(=O)c1cccc(OC)c1. The average Bonchev–Trinajstić information content (AvgIpc) is 3.04. The first-order valence-electron chi connectivity index (χ1n) is 7.91. The highest BCUT2D eigenvalue weighted by Crippen LogP contribution is 2.30. The van der Waals surface area contributed by atoms with Crippen molar-refractivity contribution in [3.05, 3.63) is 65.6 Å². The number of aromatic nitrogens is 2. The highest BCUT2D eigenvalue weighted by atomic mass is 19.1. The fourth-order valence-electron chi connectivity index (χ4n) is 2.56. The van der Waals surface area contributed by atoms with Crippen LogP contribution in [0.5, 0.6) is 5.75 Å². The van der Waals surface area contributed by atoms with Crippen LogP contribution < -0.4 is 10.1 Å². The van der Waals surface area contributed by atoms with Crippen molar-refractivity contribution in [2.75, 3.05) is 12.4 Å². The van der Waals surface area contributed by atoms with Crippen molar-refractivity contribution < 1.29 is 13.9 Å². The van der Waals surface area contributed by atoms with E-state index in [2.05, 4.69) is 15.5 Å². The molecule has 0 saturated carbocycles. The molecular formula is C19H18FN3O2. The number of aryl methyl sites for hydroxylation is 1. The highest BCUT2D eigenvalue weighted by Gasteiger charge is 2.18. The number of amides is 1. The Bertz CT molecular complexity index is 905. The maximum Gasteiger partial charge on any atom is 0.255 e. The topological polar surface area (TPSA) is 67.0 Å². The Kier molecular flexibility index (Phi) is 4.79. The third-order valence-corrected chi connectivity index (χ3v) is 3.86. The van der Waals surface area contributed by atoms with Gasteiger partial charge in [0.2, 0.25) is 0 Å². The Morgan fingerprint density at radius 3 is 2.76 bits per heavy atom. The van der Waals surface area contributed by atoms with Crippen molar-refractivity contribution >= 4 is 11.6 Å². The molecule has 3 rings (SSSR count). The van der Waals surface area contributed by atoms with E-state index in [-0.39, 0.29) is 11.7 Å². The summed E-state index contributed by atoms with van der Waals surface area (Å²) in [5.74, 6) is -0.0443. The molecule has 25 heavy (non-hydrogen) atoms. The first-order valence-corrected chi connectivity index (χ1v) is 7.91. The van der Waals surface area contributed by atoms with Gasteiger partial charge in [0.15, 0.2) is 0 Å². The molecule has 0 fully saturated rings. The van der Waals surface area contributed by atoms with Gasteiger partial charge in [-0.3, -0.25) is 9.89 Å². The molecule has 0 aliphatic carbocycles. The number of aromatic amines is 1. The van der Waals surface area contributed by atoms with Crippen LogP contribution in [0, 0.1) is 5.82 Å². The second-order valence-corrected chi connectivity index (χ2v) is 5.48. The molecule has 0 aliphatic heterocycles. The van der Waals surface area contributed by atoms with Crippen LogP contribution in [-0.2, 0) is 6.42 Å². The zero-order valence-electron chi connectivity index (χ0n) is 14.0. The van der Waals surface area contributed by atoms with Gasteiger partial charge in [-0.05, 0) is 36.8 Å². The van der Waals surface area contributed by atoms with Crippen LogP contribution in [0.25, 0.3) is 11.3 Å². The minimum Gasteiger partial charge on any atom is -0.497 e. The molecule has 1 aromatic heterocycles. The molecule has 1 heterocycles. The quantitative estimate of drug-likeness (QED) is 0.737. The van der Waals surface area contributed by atoms with E-state index in [0.717, 1.165) is 5.69 Å². The molecule has 1 amide bonds. The minimum absolute atomic E-state index is 0.285. The number of nitrogens with zero attached hydrogens (tertiary/aromatic N) is 1. The number of nitrogens with one attached hydrogen (secondary N) is 2. The number of carbonyl (C=O) groups is 1. The third-order valence-electron chi connectivity index (χ3n) is 3.86. The lowest BCUT2D eigenvalue weighted by molar-refractivity contribution is 0.102. The number of hydrogen-bond acceptors (Lipinski definition) is 3. The van der Waals surface area contributed by atoms with Gasteiger partial charge in [0.25, 0.3) is 5.91 Å². The van der Waals surface area contributed by atoms with Gasteiger partial charge in [-0.25, -0.2) is 4.39 Å². The number of anilines is 1. The molecule has 6 heteroatoms. The van der Waals surface area contributed by atoms with Gasteiger partial charge in [-0.15, -0.1) is 0 Å².